The lowest BCUT2D eigenvalue weighted by molar-refractivity contribution is -0.136. The summed E-state index contributed by atoms with van der Waals surface area (Å²) in [5.41, 5.74) is 1.49. The Morgan fingerprint density at radius 1 is 1.25 bits per heavy atom. The van der Waals surface area contributed by atoms with Crippen molar-refractivity contribution >= 4 is 5.91 Å². The van der Waals surface area contributed by atoms with Crippen molar-refractivity contribution in [2.45, 2.75) is 51.6 Å². The Morgan fingerprint density at radius 2 is 2.11 bits per heavy atom. The molecule has 152 valence electrons. The molecule has 8 nitrogen and oxygen atoms in total. The average molecular weight is 386 g/mol. The van der Waals surface area contributed by atoms with Crippen molar-refractivity contribution in [1.29, 1.82) is 0 Å². The third kappa shape index (κ3) is 5.13. The van der Waals surface area contributed by atoms with Crippen molar-refractivity contribution < 1.29 is 4.79 Å². The molecule has 1 unspecified atom stereocenters. The summed E-state index contributed by atoms with van der Waals surface area (Å²) in [6, 6.07) is -0.00814. The van der Waals surface area contributed by atoms with Gasteiger partial charge in [-0.25, -0.2) is 0 Å². The zero-order valence-electron chi connectivity index (χ0n) is 17.2. The van der Waals surface area contributed by atoms with Gasteiger partial charge in [0.25, 0.3) is 0 Å². The van der Waals surface area contributed by atoms with E-state index in [9.17, 15) is 4.79 Å². The van der Waals surface area contributed by atoms with Crippen LogP contribution in [0.1, 0.15) is 39.0 Å². The first-order chi connectivity index (χ1) is 13.6. The van der Waals surface area contributed by atoms with Crippen molar-refractivity contribution in [3.05, 3.63) is 24.8 Å². The molecule has 1 fully saturated rings. The predicted molar refractivity (Wildman–Crippen MR) is 107 cm³/mol. The third-order valence-corrected chi connectivity index (χ3v) is 5.59. The molecule has 2 aromatic heterocycles. The molecule has 1 aliphatic heterocycles. The van der Waals surface area contributed by atoms with Crippen molar-refractivity contribution in [2.24, 2.45) is 5.92 Å². The van der Waals surface area contributed by atoms with Gasteiger partial charge >= 0.3 is 0 Å². The quantitative estimate of drug-likeness (QED) is 0.726. The molecule has 8 heteroatoms. The van der Waals surface area contributed by atoms with Gasteiger partial charge in [0.15, 0.2) is 0 Å². The number of likely N-dealkylation sites (tertiary alicyclic amines) is 1. The molecule has 1 amide bonds. The molecule has 0 radical (unpaired) electrons. The number of carbonyl (C=O) groups is 1. The number of aryl methyl sites for hydroxylation is 1. The molecule has 0 aliphatic carbocycles. The monoisotopic (exact) mass is 385 g/mol. The van der Waals surface area contributed by atoms with Crippen molar-refractivity contribution in [2.75, 3.05) is 27.2 Å². The van der Waals surface area contributed by atoms with Gasteiger partial charge in [0.1, 0.15) is 11.4 Å². The molecule has 0 aromatic carbocycles. The molecule has 0 N–H and O–H groups in total. The topological polar surface area (TPSA) is 80.0 Å². The average Bonchev–Trinajstić information content (AvgIpc) is 3.05. The fourth-order valence-electron chi connectivity index (χ4n) is 3.92. The van der Waals surface area contributed by atoms with E-state index in [1.807, 2.05) is 29.9 Å². The fourth-order valence-corrected chi connectivity index (χ4v) is 3.92. The van der Waals surface area contributed by atoms with Gasteiger partial charge in [-0.05, 0) is 52.1 Å². The Kier molecular flexibility index (Phi) is 7.08. The lowest BCUT2D eigenvalue weighted by Gasteiger charge is -2.29. The Morgan fingerprint density at radius 3 is 2.82 bits per heavy atom. The number of hydrogen-bond donors (Lipinski definition) is 0. The first-order valence-corrected chi connectivity index (χ1v) is 10.2. The number of nitrogens with zero attached hydrogens (tertiary/aromatic N) is 7. The molecule has 3 heterocycles. The summed E-state index contributed by atoms with van der Waals surface area (Å²) < 4.78 is 1.89. The lowest BCUT2D eigenvalue weighted by atomic mass is 9.97. The summed E-state index contributed by atoms with van der Waals surface area (Å²) in [6.45, 7) is 4.65. The summed E-state index contributed by atoms with van der Waals surface area (Å²) in [5.74, 6) is 0.888. The number of rotatable bonds is 7. The van der Waals surface area contributed by atoms with Crippen molar-refractivity contribution in [3.63, 3.8) is 0 Å². The smallest absolute Gasteiger partial charge is 0.239 e. The van der Waals surface area contributed by atoms with E-state index < -0.39 is 0 Å². The molecule has 1 aliphatic rings. The highest BCUT2D eigenvalue weighted by atomic mass is 16.2. The number of carbonyl (C=O) groups excluding carboxylic acids is 1. The second-order valence-electron chi connectivity index (χ2n) is 7.76. The third-order valence-electron chi connectivity index (χ3n) is 5.59. The molecule has 0 spiro atoms. The van der Waals surface area contributed by atoms with Gasteiger partial charge in [0.05, 0.1) is 18.4 Å². The highest BCUT2D eigenvalue weighted by Gasteiger charge is 2.27. The van der Waals surface area contributed by atoms with Gasteiger partial charge in [-0.3, -0.25) is 24.3 Å². The summed E-state index contributed by atoms with van der Waals surface area (Å²) in [6.07, 6.45) is 12.1. The van der Waals surface area contributed by atoms with E-state index in [-0.39, 0.29) is 11.9 Å². The Bertz CT molecular complexity index is 746. The molecule has 0 saturated carbocycles. The second-order valence-corrected chi connectivity index (χ2v) is 7.76. The summed E-state index contributed by atoms with van der Waals surface area (Å²) in [7, 11) is 3.97. The van der Waals surface area contributed by atoms with Crippen LogP contribution in [0, 0.1) is 5.92 Å². The van der Waals surface area contributed by atoms with E-state index >= 15 is 0 Å². The van der Waals surface area contributed by atoms with E-state index in [1.165, 1.54) is 0 Å². The van der Waals surface area contributed by atoms with Crippen LogP contribution in [0.15, 0.2) is 24.8 Å². The fraction of sp³-hybridized carbons (Fsp3) is 0.650. The highest BCUT2D eigenvalue weighted by Crippen LogP contribution is 2.23. The lowest BCUT2D eigenvalue weighted by Crippen LogP contribution is -2.46. The SMILES string of the molecule is CC[C@@H](C(=O)N1CCCC(CCn2cc(-c3cnccn3)nn2)CC1)N(C)C. The van der Waals surface area contributed by atoms with Gasteiger partial charge in [0.2, 0.25) is 5.91 Å². The van der Waals surface area contributed by atoms with Gasteiger partial charge in [-0.1, -0.05) is 12.1 Å². The highest BCUT2D eigenvalue weighted by molar-refractivity contribution is 5.81. The van der Waals surface area contributed by atoms with Crippen LogP contribution in [0.3, 0.4) is 0 Å². The van der Waals surface area contributed by atoms with E-state index in [0.29, 0.717) is 5.92 Å². The minimum atomic E-state index is -0.00814. The molecule has 2 aromatic rings. The minimum Gasteiger partial charge on any atom is -0.341 e. The van der Waals surface area contributed by atoms with Crippen molar-refractivity contribution in [1.82, 2.24) is 34.8 Å². The van der Waals surface area contributed by atoms with E-state index in [4.69, 9.17) is 0 Å². The van der Waals surface area contributed by atoms with Gasteiger partial charge in [-0.2, -0.15) is 0 Å². The standard InChI is InChI=1S/C20H31N7O/c1-4-19(25(2)3)20(28)26-11-5-6-16(7-12-26)8-13-27-15-18(23-24-27)17-14-21-9-10-22-17/h9-10,14-16,19H,4-8,11-13H2,1-3H3/t16?,19-/m0/s1. The Labute approximate surface area is 167 Å². The first-order valence-electron chi connectivity index (χ1n) is 10.2. The van der Waals surface area contributed by atoms with Gasteiger partial charge < -0.3 is 4.90 Å². The molecular formula is C20H31N7O. The zero-order valence-corrected chi connectivity index (χ0v) is 17.2. The van der Waals surface area contributed by atoms with Crippen LogP contribution in [0.5, 0.6) is 0 Å². The van der Waals surface area contributed by atoms with Gasteiger partial charge in [0, 0.05) is 32.0 Å². The van der Waals surface area contributed by atoms with Crippen LogP contribution < -0.4 is 0 Å². The van der Waals surface area contributed by atoms with Crippen LogP contribution in [-0.2, 0) is 11.3 Å². The number of amides is 1. The van der Waals surface area contributed by atoms with Crippen LogP contribution in [0.25, 0.3) is 11.4 Å². The van der Waals surface area contributed by atoms with Crippen LogP contribution in [-0.4, -0.2) is 73.9 Å². The molecule has 28 heavy (non-hydrogen) atoms. The molecular weight excluding hydrogens is 354 g/mol. The maximum absolute atomic E-state index is 12.8. The normalized spacial score (nSPS) is 18.9. The molecule has 3 rings (SSSR count). The van der Waals surface area contributed by atoms with Crippen LogP contribution in [0.4, 0.5) is 0 Å². The van der Waals surface area contributed by atoms with E-state index in [1.54, 1.807) is 18.6 Å². The van der Waals surface area contributed by atoms with Crippen LogP contribution >= 0.6 is 0 Å². The number of hydrogen-bond acceptors (Lipinski definition) is 6. The first kappa shape index (κ1) is 20.4. The van der Waals surface area contributed by atoms with Gasteiger partial charge in [-0.15, -0.1) is 5.10 Å². The van der Waals surface area contributed by atoms with E-state index in [0.717, 1.165) is 63.1 Å². The maximum atomic E-state index is 12.8. The number of aromatic nitrogens is 5. The summed E-state index contributed by atoms with van der Waals surface area (Å²) in [5, 5.41) is 8.43. The largest absolute Gasteiger partial charge is 0.341 e. The number of likely N-dealkylation sites (N-methyl/N-ethyl adjacent to an activating group) is 1. The molecule has 1 saturated heterocycles. The summed E-state index contributed by atoms with van der Waals surface area (Å²) in [4.78, 5) is 25.2. The molecule has 2 atom stereocenters. The minimum absolute atomic E-state index is 0.00814. The Balaban J connectivity index is 1.50. The zero-order chi connectivity index (χ0) is 19.9. The predicted octanol–water partition coefficient (Wildman–Crippen LogP) is 2.09. The van der Waals surface area contributed by atoms with Crippen LogP contribution in [0.2, 0.25) is 0 Å². The van der Waals surface area contributed by atoms with Crippen molar-refractivity contribution in [3.8, 4) is 11.4 Å². The van der Waals surface area contributed by atoms with E-state index in [2.05, 4.69) is 32.1 Å². The molecule has 0 bridgehead atoms. The second kappa shape index (κ2) is 9.73. The Hall–Kier alpha value is -2.35. The summed E-state index contributed by atoms with van der Waals surface area (Å²) >= 11 is 0. The maximum Gasteiger partial charge on any atom is 0.239 e.